The van der Waals surface area contributed by atoms with Gasteiger partial charge in [0.2, 0.25) is 0 Å². The van der Waals surface area contributed by atoms with Gasteiger partial charge in [-0.05, 0) is 18.6 Å². The van der Waals surface area contributed by atoms with Crippen molar-refractivity contribution in [1.29, 1.82) is 0 Å². The van der Waals surface area contributed by atoms with Crippen LogP contribution in [0.4, 0.5) is 0 Å². The number of esters is 1. The van der Waals surface area contributed by atoms with E-state index in [1.54, 1.807) is 0 Å². The first kappa shape index (κ1) is 13.6. The summed E-state index contributed by atoms with van der Waals surface area (Å²) in [6.07, 6.45) is 3.62. The van der Waals surface area contributed by atoms with Gasteiger partial charge in [0.25, 0.3) is 0 Å². The predicted octanol–water partition coefficient (Wildman–Crippen LogP) is 3.19. The molecule has 0 fully saturated rings. The van der Waals surface area contributed by atoms with Crippen LogP contribution in [0, 0.1) is 0 Å². The van der Waals surface area contributed by atoms with Crippen molar-refractivity contribution >= 4 is 5.97 Å². The number of carbonyl (C=O) groups excluding carboxylic acids is 1. The van der Waals surface area contributed by atoms with Gasteiger partial charge in [-0.2, -0.15) is 0 Å². The molecule has 94 valence electrons. The number of benzene rings is 1. The molecule has 0 heterocycles. The topological polar surface area (TPSA) is 35.5 Å². The lowest BCUT2D eigenvalue weighted by Gasteiger charge is -2.07. The van der Waals surface area contributed by atoms with Crippen LogP contribution in [-0.2, 0) is 9.53 Å². The third kappa shape index (κ3) is 6.61. The Balaban J connectivity index is 2.02. The fraction of sp³-hybridized carbons (Fsp3) is 0.500. The fourth-order valence-corrected chi connectivity index (χ4v) is 1.42. The normalized spacial score (nSPS) is 9.94. The van der Waals surface area contributed by atoms with Crippen molar-refractivity contribution in [2.24, 2.45) is 0 Å². The van der Waals surface area contributed by atoms with Crippen molar-refractivity contribution in [3.8, 4) is 5.75 Å². The maximum Gasteiger partial charge on any atom is 0.305 e. The van der Waals surface area contributed by atoms with Crippen LogP contribution in [0.3, 0.4) is 0 Å². The highest BCUT2D eigenvalue weighted by atomic mass is 16.6. The van der Waals surface area contributed by atoms with Crippen molar-refractivity contribution in [3.63, 3.8) is 0 Å². The molecule has 0 N–H and O–H groups in total. The average Bonchev–Trinajstić information content (AvgIpc) is 2.36. The molecule has 0 aliphatic carbocycles. The molecule has 0 amide bonds. The summed E-state index contributed by atoms with van der Waals surface area (Å²) >= 11 is 0. The lowest BCUT2D eigenvalue weighted by Crippen LogP contribution is -2.11. The van der Waals surface area contributed by atoms with E-state index < -0.39 is 0 Å². The summed E-state index contributed by atoms with van der Waals surface area (Å²) in [6, 6.07) is 9.50. The van der Waals surface area contributed by atoms with Crippen LogP contribution in [0.2, 0.25) is 0 Å². The second kappa shape index (κ2) is 8.62. The zero-order valence-corrected chi connectivity index (χ0v) is 10.4. The first-order valence-electron chi connectivity index (χ1n) is 6.16. The Morgan fingerprint density at radius 3 is 2.59 bits per heavy atom. The van der Waals surface area contributed by atoms with Crippen LogP contribution in [0.25, 0.3) is 0 Å². The van der Waals surface area contributed by atoms with E-state index in [4.69, 9.17) is 9.47 Å². The van der Waals surface area contributed by atoms with Crippen LogP contribution < -0.4 is 4.74 Å². The van der Waals surface area contributed by atoms with E-state index in [1.165, 1.54) is 0 Å². The molecule has 0 saturated carbocycles. The van der Waals surface area contributed by atoms with E-state index >= 15 is 0 Å². The number of ether oxygens (including phenoxy) is 2. The second-order valence-electron chi connectivity index (χ2n) is 3.84. The number of para-hydroxylation sites is 1. The van der Waals surface area contributed by atoms with Crippen LogP contribution in [0.15, 0.2) is 30.3 Å². The van der Waals surface area contributed by atoms with Crippen molar-refractivity contribution in [3.05, 3.63) is 30.3 Å². The van der Waals surface area contributed by atoms with E-state index in [0.29, 0.717) is 19.6 Å². The first-order valence-corrected chi connectivity index (χ1v) is 6.16. The standard InChI is InChI=1S/C14H20O3/c1-2-3-5-10-14(15)17-12-11-16-13-8-6-4-7-9-13/h4,6-9H,2-3,5,10-12H2,1H3. The molecule has 0 spiro atoms. The van der Waals surface area contributed by atoms with E-state index in [2.05, 4.69) is 6.92 Å². The zero-order valence-electron chi connectivity index (χ0n) is 10.4. The molecule has 0 saturated heterocycles. The highest BCUT2D eigenvalue weighted by Gasteiger charge is 2.01. The van der Waals surface area contributed by atoms with Gasteiger partial charge in [-0.3, -0.25) is 4.79 Å². The molecule has 0 aliphatic heterocycles. The largest absolute Gasteiger partial charge is 0.490 e. The summed E-state index contributed by atoms with van der Waals surface area (Å²) in [6.45, 7) is 2.84. The molecule has 17 heavy (non-hydrogen) atoms. The molecule has 0 aromatic heterocycles. The summed E-state index contributed by atoms with van der Waals surface area (Å²) in [5.41, 5.74) is 0. The molecule has 1 rings (SSSR count). The monoisotopic (exact) mass is 236 g/mol. The molecule has 1 aromatic carbocycles. The highest BCUT2D eigenvalue weighted by Crippen LogP contribution is 2.07. The summed E-state index contributed by atoms with van der Waals surface area (Å²) < 4.78 is 10.5. The maximum atomic E-state index is 11.3. The van der Waals surface area contributed by atoms with E-state index in [9.17, 15) is 4.79 Å². The van der Waals surface area contributed by atoms with Gasteiger partial charge < -0.3 is 9.47 Å². The fourth-order valence-electron chi connectivity index (χ4n) is 1.42. The lowest BCUT2D eigenvalue weighted by molar-refractivity contribution is -0.144. The van der Waals surface area contributed by atoms with Crippen LogP contribution in [0.5, 0.6) is 5.75 Å². The Morgan fingerprint density at radius 1 is 1.12 bits per heavy atom. The van der Waals surface area contributed by atoms with Crippen molar-refractivity contribution in [2.75, 3.05) is 13.2 Å². The van der Waals surface area contributed by atoms with Crippen LogP contribution in [0.1, 0.15) is 32.6 Å². The van der Waals surface area contributed by atoms with Gasteiger partial charge in [-0.25, -0.2) is 0 Å². The molecule has 1 aromatic rings. The Morgan fingerprint density at radius 2 is 1.88 bits per heavy atom. The molecular formula is C14H20O3. The predicted molar refractivity (Wildman–Crippen MR) is 67.0 cm³/mol. The molecule has 0 aliphatic rings. The number of carbonyl (C=O) groups is 1. The summed E-state index contributed by atoms with van der Waals surface area (Å²) in [5, 5.41) is 0. The second-order valence-corrected chi connectivity index (χ2v) is 3.84. The maximum absolute atomic E-state index is 11.3. The number of hydrogen-bond donors (Lipinski definition) is 0. The Kier molecular flexibility index (Phi) is 6.87. The van der Waals surface area contributed by atoms with E-state index in [1.807, 2.05) is 30.3 Å². The highest BCUT2D eigenvalue weighted by molar-refractivity contribution is 5.69. The van der Waals surface area contributed by atoms with Crippen molar-refractivity contribution in [2.45, 2.75) is 32.6 Å². The molecular weight excluding hydrogens is 216 g/mol. The average molecular weight is 236 g/mol. The molecule has 0 radical (unpaired) electrons. The number of unbranched alkanes of at least 4 members (excludes halogenated alkanes) is 2. The first-order chi connectivity index (χ1) is 8.33. The van der Waals surface area contributed by atoms with Gasteiger partial charge in [0.1, 0.15) is 19.0 Å². The third-order valence-corrected chi connectivity index (χ3v) is 2.34. The van der Waals surface area contributed by atoms with Crippen molar-refractivity contribution in [1.82, 2.24) is 0 Å². The van der Waals surface area contributed by atoms with Gasteiger partial charge in [-0.1, -0.05) is 38.0 Å². The van der Waals surface area contributed by atoms with Crippen LogP contribution in [-0.4, -0.2) is 19.2 Å². The zero-order chi connectivity index (χ0) is 12.3. The quantitative estimate of drug-likeness (QED) is 0.513. The van der Waals surface area contributed by atoms with Gasteiger partial charge >= 0.3 is 5.97 Å². The van der Waals surface area contributed by atoms with Crippen LogP contribution >= 0.6 is 0 Å². The SMILES string of the molecule is CCCCCC(=O)OCCOc1ccccc1. The minimum Gasteiger partial charge on any atom is -0.490 e. The van der Waals surface area contributed by atoms with Gasteiger partial charge in [0.15, 0.2) is 0 Å². The minimum absolute atomic E-state index is 0.130. The van der Waals surface area contributed by atoms with Gasteiger partial charge in [0.05, 0.1) is 0 Å². The molecule has 0 bridgehead atoms. The van der Waals surface area contributed by atoms with Gasteiger partial charge in [-0.15, -0.1) is 0 Å². The number of rotatable bonds is 8. The van der Waals surface area contributed by atoms with E-state index in [0.717, 1.165) is 25.0 Å². The van der Waals surface area contributed by atoms with Gasteiger partial charge in [0, 0.05) is 6.42 Å². The summed E-state index contributed by atoms with van der Waals surface area (Å²) in [4.78, 5) is 11.3. The minimum atomic E-state index is -0.130. The summed E-state index contributed by atoms with van der Waals surface area (Å²) in [5.74, 6) is 0.671. The Hall–Kier alpha value is -1.51. The Labute approximate surface area is 103 Å². The van der Waals surface area contributed by atoms with E-state index in [-0.39, 0.29) is 5.97 Å². The third-order valence-electron chi connectivity index (χ3n) is 2.34. The number of hydrogen-bond acceptors (Lipinski definition) is 3. The van der Waals surface area contributed by atoms with Crippen molar-refractivity contribution < 1.29 is 14.3 Å². The Bertz CT molecular complexity index is 309. The molecule has 3 nitrogen and oxygen atoms in total. The molecule has 0 unspecified atom stereocenters. The lowest BCUT2D eigenvalue weighted by atomic mass is 10.2. The molecule has 3 heteroatoms. The smallest absolute Gasteiger partial charge is 0.305 e. The summed E-state index contributed by atoms with van der Waals surface area (Å²) in [7, 11) is 0. The molecule has 0 atom stereocenters.